The minimum atomic E-state index is -4.79. The monoisotopic (exact) mass is 232 g/mol. The molecule has 0 N–H and O–H groups in total. The first kappa shape index (κ1) is 14.7. The fourth-order valence-electron chi connectivity index (χ4n) is 1.13. The van der Waals surface area contributed by atoms with E-state index in [-0.39, 0.29) is 5.56 Å². The van der Waals surface area contributed by atoms with E-state index in [2.05, 4.69) is 0 Å². The minimum absolute atomic E-state index is 0.266. The summed E-state index contributed by atoms with van der Waals surface area (Å²) < 4.78 is 36.3. The van der Waals surface area contributed by atoms with Crippen molar-refractivity contribution < 1.29 is 18.0 Å². The van der Waals surface area contributed by atoms with Crippen molar-refractivity contribution >= 4 is 5.78 Å². The molecule has 0 aliphatic carbocycles. The van der Waals surface area contributed by atoms with Crippen molar-refractivity contribution in [2.24, 2.45) is 0 Å². The van der Waals surface area contributed by atoms with Gasteiger partial charge in [0.2, 0.25) is 0 Å². The standard InChI is InChI=1S/C10H9F3O.C2H6/c1-6-3-4-7(2)8(5-6)9(14)10(11,12)13;1-2/h3-5H,1-2H3;1-2H3. The molecule has 0 aliphatic heterocycles. The Bertz CT molecular complexity index is 367. The summed E-state index contributed by atoms with van der Waals surface area (Å²) in [6.07, 6.45) is -4.79. The molecule has 1 rings (SSSR count). The number of Topliss-reactive ketones (excluding diaryl/α,β-unsaturated/α-hetero) is 1. The highest BCUT2D eigenvalue weighted by atomic mass is 19.4. The predicted molar refractivity (Wildman–Crippen MR) is 57.6 cm³/mol. The largest absolute Gasteiger partial charge is 0.454 e. The second-order valence-electron chi connectivity index (χ2n) is 3.15. The van der Waals surface area contributed by atoms with E-state index in [1.165, 1.54) is 19.1 Å². The summed E-state index contributed by atoms with van der Waals surface area (Å²) in [5.41, 5.74) is 0.721. The van der Waals surface area contributed by atoms with Crippen LogP contribution in [0, 0.1) is 13.8 Å². The first-order chi connectivity index (χ1) is 7.32. The molecule has 4 heteroatoms. The normalized spacial score (nSPS) is 10.4. The molecule has 0 saturated carbocycles. The topological polar surface area (TPSA) is 17.1 Å². The van der Waals surface area contributed by atoms with Gasteiger partial charge in [-0.2, -0.15) is 13.2 Å². The first-order valence-corrected chi connectivity index (χ1v) is 5.01. The molecule has 0 heterocycles. The number of hydrogen-bond acceptors (Lipinski definition) is 1. The highest BCUT2D eigenvalue weighted by Gasteiger charge is 2.39. The van der Waals surface area contributed by atoms with Gasteiger partial charge in [0.05, 0.1) is 0 Å². The Hall–Kier alpha value is -1.32. The molecule has 1 nitrogen and oxygen atoms in total. The van der Waals surface area contributed by atoms with E-state index in [0.29, 0.717) is 11.1 Å². The van der Waals surface area contributed by atoms with Crippen LogP contribution in [0.25, 0.3) is 0 Å². The molecule has 0 atom stereocenters. The molecule has 0 spiro atoms. The van der Waals surface area contributed by atoms with Gasteiger partial charge in [-0.15, -0.1) is 0 Å². The quantitative estimate of drug-likeness (QED) is 0.667. The fraction of sp³-hybridized carbons (Fsp3) is 0.417. The summed E-state index contributed by atoms with van der Waals surface area (Å²) in [7, 11) is 0. The molecule has 0 saturated heterocycles. The molecular weight excluding hydrogens is 217 g/mol. The zero-order chi connectivity index (χ0) is 12.9. The minimum Gasteiger partial charge on any atom is -0.284 e. The molecule has 90 valence electrons. The summed E-state index contributed by atoms with van der Waals surface area (Å²) in [5.74, 6) is -1.78. The Morgan fingerprint density at radius 2 is 1.62 bits per heavy atom. The zero-order valence-corrected chi connectivity index (χ0v) is 9.77. The third kappa shape index (κ3) is 3.68. The Labute approximate surface area is 93.3 Å². The predicted octanol–water partition coefficient (Wildman–Crippen LogP) is 4.07. The number of hydrogen-bond donors (Lipinski definition) is 0. The van der Waals surface area contributed by atoms with E-state index in [9.17, 15) is 18.0 Å². The maximum atomic E-state index is 12.1. The van der Waals surface area contributed by atoms with Crippen molar-refractivity contribution in [2.45, 2.75) is 33.9 Å². The fourth-order valence-corrected chi connectivity index (χ4v) is 1.13. The average Bonchev–Trinajstić information content (AvgIpc) is 2.22. The Balaban J connectivity index is 0.00000106. The van der Waals surface area contributed by atoms with Gasteiger partial charge in [0.25, 0.3) is 5.78 Å². The summed E-state index contributed by atoms with van der Waals surface area (Å²) >= 11 is 0. The van der Waals surface area contributed by atoms with Crippen LogP contribution in [0.15, 0.2) is 18.2 Å². The number of benzene rings is 1. The van der Waals surface area contributed by atoms with Gasteiger partial charge in [-0.3, -0.25) is 4.79 Å². The summed E-state index contributed by atoms with van der Waals surface area (Å²) in [6, 6.07) is 4.43. The van der Waals surface area contributed by atoms with Crippen LogP contribution in [0.3, 0.4) is 0 Å². The average molecular weight is 232 g/mol. The second-order valence-corrected chi connectivity index (χ2v) is 3.15. The number of halogens is 3. The highest BCUT2D eigenvalue weighted by molar-refractivity contribution is 6.01. The molecule has 0 fully saturated rings. The van der Waals surface area contributed by atoms with Crippen molar-refractivity contribution in [3.8, 4) is 0 Å². The number of alkyl halides is 3. The van der Waals surface area contributed by atoms with Gasteiger partial charge in [0.15, 0.2) is 0 Å². The number of carbonyl (C=O) groups is 1. The number of rotatable bonds is 1. The molecule has 1 aromatic carbocycles. The number of carbonyl (C=O) groups excluding carboxylic acids is 1. The van der Waals surface area contributed by atoms with Crippen LogP contribution < -0.4 is 0 Å². The van der Waals surface area contributed by atoms with Gasteiger partial charge in [0, 0.05) is 5.56 Å². The molecule has 0 aliphatic rings. The molecule has 1 aromatic rings. The molecular formula is C12H15F3O. The smallest absolute Gasteiger partial charge is 0.284 e. The van der Waals surface area contributed by atoms with E-state index in [4.69, 9.17) is 0 Å². The van der Waals surface area contributed by atoms with Crippen LogP contribution in [0.4, 0.5) is 13.2 Å². The lowest BCUT2D eigenvalue weighted by molar-refractivity contribution is -0.0885. The maximum Gasteiger partial charge on any atom is 0.454 e. The van der Waals surface area contributed by atoms with Gasteiger partial charge in [-0.25, -0.2) is 0 Å². The van der Waals surface area contributed by atoms with Gasteiger partial charge in [-0.05, 0) is 25.5 Å². The van der Waals surface area contributed by atoms with Crippen LogP contribution in [0.5, 0.6) is 0 Å². The van der Waals surface area contributed by atoms with E-state index in [0.717, 1.165) is 0 Å². The van der Waals surface area contributed by atoms with Crippen molar-refractivity contribution in [1.82, 2.24) is 0 Å². The summed E-state index contributed by atoms with van der Waals surface area (Å²) in [5, 5.41) is 0. The van der Waals surface area contributed by atoms with Crippen LogP contribution in [-0.4, -0.2) is 12.0 Å². The highest BCUT2D eigenvalue weighted by Crippen LogP contribution is 2.23. The van der Waals surface area contributed by atoms with Crippen molar-refractivity contribution in [2.75, 3.05) is 0 Å². The van der Waals surface area contributed by atoms with Gasteiger partial charge >= 0.3 is 6.18 Å². The summed E-state index contributed by atoms with van der Waals surface area (Å²) in [6.45, 7) is 7.13. The molecule has 0 amide bonds. The number of aryl methyl sites for hydroxylation is 2. The maximum absolute atomic E-state index is 12.1. The van der Waals surface area contributed by atoms with E-state index in [1.54, 1.807) is 13.0 Å². The molecule has 16 heavy (non-hydrogen) atoms. The molecule has 0 aromatic heterocycles. The Morgan fingerprint density at radius 3 is 2.06 bits per heavy atom. The molecule has 0 radical (unpaired) electrons. The van der Waals surface area contributed by atoms with Gasteiger partial charge in [-0.1, -0.05) is 31.5 Å². The SMILES string of the molecule is CC.Cc1ccc(C)c(C(=O)C(F)(F)F)c1. The molecule has 0 unspecified atom stereocenters. The first-order valence-electron chi connectivity index (χ1n) is 5.01. The third-order valence-corrected chi connectivity index (χ3v) is 1.90. The third-order valence-electron chi connectivity index (χ3n) is 1.90. The van der Waals surface area contributed by atoms with Crippen LogP contribution in [0.2, 0.25) is 0 Å². The Morgan fingerprint density at radius 1 is 1.12 bits per heavy atom. The molecule has 0 bridgehead atoms. The van der Waals surface area contributed by atoms with Crippen LogP contribution in [-0.2, 0) is 0 Å². The lowest BCUT2D eigenvalue weighted by atomic mass is 10.0. The van der Waals surface area contributed by atoms with E-state index in [1.807, 2.05) is 13.8 Å². The lowest BCUT2D eigenvalue weighted by Gasteiger charge is -2.08. The van der Waals surface area contributed by atoms with Crippen molar-refractivity contribution in [3.63, 3.8) is 0 Å². The lowest BCUT2D eigenvalue weighted by Crippen LogP contribution is -2.23. The van der Waals surface area contributed by atoms with Crippen molar-refractivity contribution in [3.05, 3.63) is 34.9 Å². The number of ketones is 1. The Kier molecular flexibility index (Phi) is 5.21. The van der Waals surface area contributed by atoms with Gasteiger partial charge in [0.1, 0.15) is 0 Å². The summed E-state index contributed by atoms with van der Waals surface area (Å²) in [4.78, 5) is 10.9. The van der Waals surface area contributed by atoms with E-state index < -0.39 is 12.0 Å². The van der Waals surface area contributed by atoms with E-state index >= 15 is 0 Å². The van der Waals surface area contributed by atoms with Gasteiger partial charge < -0.3 is 0 Å². The van der Waals surface area contributed by atoms with Crippen LogP contribution in [0.1, 0.15) is 35.3 Å². The zero-order valence-electron chi connectivity index (χ0n) is 9.77. The van der Waals surface area contributed by atoms with Crippen LogP contribution >= 0.6 is 0 Å². The van der Waals surface area contributed by atoms with Crippen molar-refractivity contribution in [1.29, 1.82) is 0 Å². The second kappa shape index (κ2) is 5.68.